The van der Waals surface area contributed by atoms with E-state index in [4.69, 9.17) is 0 Å². The number of hydrogen-bond acceptors (Lipinski definition) is 3. The average Bonchev–Trinajstić information content (AvgIpc) is 3.33. The highest BCUT2D eigenvalue weighted by molar-refractivity contribution is 5.98. The molecule has 0 bridgehead atoms. The number of nitrogens with one attached hydrogen (secondary N) is 1. The first-order chi connectivity index (χ1) is 13.5. The third-order valence-corrected chi connectivity index (χ3v) is 5.00. The third-order valence-electron chi connectivity index (χ3n) is 5.00. The fourth-order valence-electron chi connectivity index (χ4n) is 3.32. The van der Waals surface area contributed by atoms with Gasteiger partial charge in [-0.15, -0.1) is 0 Å². The van der Waals surface area contributed by atoms with Crippen LogP contribution >= 0.6 is 0 Å². The van der Waals surface area contributed by atoms with Gasteiger partial charge < -0.3 is 14.8 Å². The first kappa shape index (κ1) is 19.9. The van der Waals surface area contributed by atoms with Gasteiger partial charge >= 0.3 is 0 Å². The van der Waals surface area contributed by atoms with Crippen LogP contribution in [0.3, 0.4) is 0 Å². The Labute approximate surface area is 166 Å². The zero-order valence-corrected chi connectivity index (χ0v) is 17.1. The summed E-state index contributed by atoms with van der Waals surface area (Å²) >= 11 is 0. The minimum atomic E-state index is -0.0910. The molecule has 0 aliphatic heterocycles. The Balaban J connectivity index is 1.94. The lowest BCUT2D eigenvalue weighted by molar-refractivity contribution is 0.0948. The van der Waals surface area contributed by atoms with Crippen LogP contribution in [0.15, 0.2) is 48.8 Å². The van der Waals surface area contributed by atoms with E-state index in [1.165, 1.54) is 5.56 Å². The van der Waals surface area contributed by atoms with Crippen LogP contribution in [0.1, 0.15) is 35.5 Å². The molecule has 0 spiro atoms. The fourth-order valence-corrected chi connectivity index (χ4v) is 3.32. The van der Waals surface area contributed by atoms with E-state index in [0.29, 0.717) is 17.8 Å². The van der Waals surface area contributed by atoms with Gasteiger partial charge in [-0.25, -0.2) is 4.68 Å². The van der Waals surface area contributed by atoms with Gasteiger partial charge in [0.25, 0.3) is 5.91 Å². The Hall–Kier alpha value is -2.86. The second-order valence-electron chi connectivity index (χ2n) is 6.90. The number of aryl methyl sites for hydroxylation is 2. The molecular weight excluding hydrogens is 350 g/mol. The molecule has 0 atom stereocenters. The van der Waals surface area contributed by atoms with Crippen LogP contribution in [0.2, 0.25) is 0 Å². The summed E-state index contributed by atoms with van der Waals surface area (Å²) in [6, 6.07) is 12.0. The number of carbonyl (C=O) groups excluding carboxylic acids is 1. The molecule has 0 radical (unpaired) electrons. The summed E-state index contributed by atoms with van der Waals surface area (Å²) in [7, 11) is 0. The summed E-state index contributed by atoms with van der Waals surface area (Å²) in [5, 5.41) is 7.76. The second-order valence-corrected chi connectivity index (χ2v) is 6.90. The predicted molar refractivity (Wildman–Crippen MR) is 112 cm³/mol. The third kappa shape index (κ3) is 4.17. The molecule has 1 amide bonds. The Morgan fingerprint density at radius 3 is 2.32 bits per heavy atom. The molecule has 0 aliphatic carbocycles. The zero-order chi connectivity index (χ0) is 20.1. The van der Waals surface area contributed by atoms with Crippen LogP contribution in [0, 0.1) is 13.8 Å². The lowest BCUT2D eigenvalue weighted by Crippen LogP contribution is -2.35. The number of hydrogen-bond donors (Lipinski definition) is 1. The van der Waals surface area contributed by atoms with Gasteiger partial charge in [0.15, 0.2) is 5.82 Å². The van der Waals surface area contributed by atoms with E-state index in [1.807, 2.05) is 52.8 Å². The van der Waals surface area contributed by atoms with Gasteiger partial charge in [0.2, 0.25) is 0 Å². The van der Waals surface area contributed by atoms with Crippen molar-refractivity contribution < 1.29 is 4.79 Å². The highest BCUT2D eigenvalue weighted by Crippen LogP contribution is 2.23. The molecule has 2 aromatic heterocycles. The van der Waals surface area contributed by atoms with Crippen LogP contribution in [0.4, 0.5) is 0 Å². The van der Waals surface area contributed by atoms with Gasteiger partial charge in [0, 0.05) is 25.5 Å². The average molecular weight is 380 g/mol. The first-order valence-electron chi connectivity index (χ1n) is 9.85. The van der Waals surface area contributed by atoms with Crippen molar-refractivity contribution in [2.75, 3.05) is 26.2 Å². The Kier molecular flexibility index (Phi) is 6.31. The largest absolute Gasteiger partial charge is 0.351 e. The number of benzene rings is 1. The maximum absolute atomic E-state index is 13.0. The molecule has 3 aromatic rings. The van der Waals surface area contributed by atoms with Crippen molar-refractivity contribution in [3.05, 3.63) is 65.6 Å². The molecule has 1 aromatic carbocycles. The van der Waals surface area contributed by atoms with Crippen molar-refractivity contribution in [2.45, 2.75) is 27.7 Å². The molecule has 0 fully saturated rings. The van der Waals surface area contributed by atoms with Crippen LogP contribution in [-0.4, -0.2) is 51.3 Å². The number of aromatic nitrogens is 3. The minimum absolute atomic E-state index is 0.0910. The predicted octanol–water partition coefficient (Wildman–Crippen LogP) is 3.35. The molecule has 0 saturated carbocycles. The van der Waals surface area contributed by atoms with Crippen molar-refractivity contribution in [3.8, 4) is 11.5 Å². The van der Waals surface area contributed by atoms with E-state index in [1.54, 1.807) is 0 Å². The highest BCUT2D eigenvalue weighted by atomic mass is 16.1. The van der Waals surface area contributed by atoms with Crippen LogP contribution < -0.4 is 5.32 Å². The molecular formula is C22H29N5O. The monoisotopic (exact) mass is 379 g/mol. The SMILES string of the molecule is CCN(CC)CCNC(=O)c1c(C)nn(-c2ccc(C)cc2)c1-n1cccc1. The molecule has 0 aliphatic rings. The normalized spacial score (nSPS) is 11.2. The van der Waals surface area contributed by atoms with Crippen molar-refractivity contribution >= 4 is 5.91 Å². The number of likely N-dealkylation sites (N-methyl/N-ethyl adjacent to an activating group) is 1. The molecule has 0 unspecified atom stereocenters. The smallest absolute Gasteiger partial charge is 0.257 e. The maximum Gasteiger partial charge on any atom is 0.257 e. The quantitative estimate of drug-likeness (QED) is 0.653. The van der Waals surface area contributed by atoms with Gasteiger partial charge in [-0.1, -0.05) is 31.5 Å². The topological polar surface area (TPSA) is 55.1 Å². The van der Waals surface area contributed by atoms with Gasteiger partial charge in [-0.2, -0.15) is 5.10 Å². The number of amides is 1. The van der Waals surface area contributed by atoms with E-state index in [9.17, 15) is 4.79 Å². The molecule has 3 rings (SSSR count). The van der Waals surface area contributed by atoms with Crippen molar-refractivity contribution in [1.29, 1.82) is 0 Å². The molecule has 0 saturated heterocycles. The summed E-state index contributed by atoms with van der Waals surface area (Å²) in [6.07, 6.45) is 3.88. The summed E-state index contributed by atoms with van der Waals surface area (Å²) in [5.41, 5.74) is 3.44. The Morgan fingerprint density at radius 1 is 1.07 bits per heavy atom. The van der Waals surface area contributed by atoms with Crippen LogP contribution in [-0.2, 0) is 0 Å². The van der Waals surface area contributed by atoms with E-state index >= 15 is 0 Å². The fraction of sp³-hybridized carbons (Fsp3) is 0.364. The summed E-state index contributed by atoms with van der Waals surface area (Å²) in [6.45, 7) is 11.6. The second kappa shape index (κ2) is 8.89. The van der Waals surface area contributed by atoms with E-state index in [2.05, 4.69) is 48.2 Å². The highest BCUT2D eigenvalue weighted by Gasteiger charge is 2.23. The van der Waals surface area contributed by atoms with Gasteiger partial charge in [-0.05, 0) is 51.2 Å². The van der Waals surface area contributed by atoms with Gasteiger partial charge in [0.1, 0.15) is 5.56 Å². The lowest BCUT2D eigenvalue weighted by Gasteiger charge is -2.18. The van der Waals surface area contributed by atoms with E-state index in [-0.39, 0.29) is 5.91 Å². The molecule has 28 heavy (non-hydrogen) atoms. The summed E-state index contributed by atoms with van der Waals surface area (Å²) in [5.74, 6) is 0.665. The Morgan fingerprint density at radius 2 is 1.71 bits per heavy atom. The molecule has 6 nitrogen and oxygen atoms in total. The van der Waals surface area contributed by atoms with Gasteiger partial charge in [0.05, 0.1) is 11.4 Å². The van der Waals surface area contributed by atoms with E-state index in [0.717, 1.165) is 31.1 Å². The van der Waals surface area contributed by atoms with Crippen molar-refractivity contribution in [3.63, 3.8) is 0 Å². The molecule has 1 N–H and O–H groups in total. The van der Waals surface area contributed by atoms with Crippen molar-refractivity contribution in [1.82, 2.24) is 24.6 Å². The number of carbonyl (C=O) groups is 1. The standard InChI is InChI=1S/C22H29N5O/c1-5-25(6-2)16-13-23-21(28)20-18(4)24-27(19-11-9-17(3)10-12-19)22(20)26-14-7-8-15-26/h7-12,14-15H,5-6,13,16H2,1-4H3,(H,23,28). The first-order valence-corrected chi connectivity index (χ1v) is 9.85. The van der Waals surface area contributed by atoms with Crippen molar-refractivity contribution in [2.24, 2.45) is 0 Å². The lowest BCUT2D eigenvalue weighted by atomic mass is 10.2. The molecule has 148 valence electrons. The van der Waals surface area contributed by atoms with Gasteiger partial charge in [-0.3, -0.25) is 4.79 Å². The van der Waals surface area contributed by atoms with E-state index < -0.39 is 0 Å². The maximum atomic E-state index is 13.0. The number of rotatable bonds is 8. The molecule has 6 heteroatoms. The summed E-state index contributed by atoms with van der Waals surface area (Å²) in [4.78, 5) is 15.3. The number of nitrogens with zero attached hydrogens (tertiary/aromatic N) is 4. The Bertz CT molecular complexity index is 905. The zero-order valence-electron chi connectivity index (χ0n) is 17.1. The van der Waals surface area contributed by atoms with Crippen LogP contribution in [0.5, 0.6) is 0 Å². The molecule has 2 heterocycles. The van der Waals surface area contributed by atoms with Crippen LogP contribution in [0.25, 0.3) is 11.5 Å². The minimum Gasteiger partial charge on any atom is -0.351 e. The summed E-state index contributed by atoms with van der Waals surface area (Å²) < 4.78 is 3.78.